The number of piperidine rings is 1. The van der Waals surface area contributed by atoms with E-state index < -0.39 is 0 Å². The molecule has 1 atom stereocenters. The first-order chi connectivity index (χ1) is 7.25. The molecule has 1 saturated heterocycles. The second kappa shape index (κ2) is 4.81. The minimum Gasteiger partial charge on any atom is -0.468 e. The van der Waals surface area contributed by atoms with Crippen molar-refractivity contribution in [3.63, 3.8) is 0 Å². The molecule has 1 N–H and O–H groups in total. The van der Waals surface area contributed by atoms with Crippen LogP contribution in [0.15, 0.2) is 22.8 Å². The maximum absolute atomic E-state index is 5.39. The van der Waals surface area contributed by atoms with Gasteiger partial charge in [0.2, 0.25) is 0 Å². The van der Waals surface area contributed by atoms with E-state index in [1.54, 1.807) is 6.26 Å². The summed E-state index contributed by atoms with van der Waals surface area (Å²) < 4.78 is 5.39. The second-order valence-electron chi connectivity index (χ2n) is 4.48. The van der Waals surface area contributed by atoms with Crippen LogP contribution >= 0.6 is 0 Å². The molecule has 0 amide bonds. The van der Waals surface area contributed by atoms with E-state index in [1.807, 2.05) is 12.1 Å². The molecule has 1 aromatic rings. The van der Waals surface area contributed by atoms with Crippen LogP contribution in [-0.2, 0) is 0 Å². The third-order valence-electron chi connectivity index (χ3n) is 3.17. The molecule has 0 saturated carbocycles. The first-order valence-electron chi connectivity index (χ1n) is 5.73. The number of nitrogens with one attached hydrogen (secondary N) is 1. The van der Waals surface area contributed by atoms with Crippen molar-refractivity contribution in [2.24, 2.45) is 0 Å². The molecule has 0 radical (unpaired) electrons. The van der Waals surface area contributed by atoms with Crippen molar-refractivity contribution >= 4 is 0 Å². The molecule has 0 aromatic carbocycles. The Bertz CT molecular complexity index is 276. The third-order valence-corrected chi connectivity index (χ3v) is 3.17. The van der Waals surface area contributed by atoms with E-state index >= 15 is 0 Å². The molecule has 2 heterocycles. The number of likely N-dealkylation sites (tertiary alicyclic amines) is 1. The van der Waals surface area contributed by atoms with E-state index in [-0.39, 0.29) is 0 Å². The zero-order valence-corrected chi connectivity index (χ0v) is 9.57. The highest BCUT2D eigenvalue weighted by Gasteiger charge is 2.19. The predicted molar refractivity (Wildman–Crippen MR) is 60.8 cm³/mol. The number of nitrogens with zero attached hydrogens (tertiary/aromatic N) is 1. The summed E-state index contributed by atoms with van der Waals surface area (Å²) in [4.78, 5) is 2.38. The van der Waals surface area contributed by atoms with Crippen LogP contribution in [0.3, 0.4) is 0 Å². The van der Waals surface area contributed by atoms with E-state index in [0.29, 0.717) is 12.1 Å². The van der Waals surface area contributed by atoms with Gasteiger partial charge in [0.25, 0.3) is 0 Å². The molecule has 1 aliphatic rings. The van der Waals surface area contributed by atoms with Crippen LogP contribution in [0.5, 0.6) is 0 Å². The minimum absolute atomic E-state index is 0.327. The highest BCUT2D eigenvalue weighted by atomic mass is 16.3. The molecule has 15 heavy (non-hydrogen) atoms. The van der Waals surface area contributed by atoms with E-state index in [4.69, 9.17) is 4.42 Å². The number of rotatable bonds is 3. The Labute approximate surface area is 91.4 Å². The highest BCUT2D eigenvalue weighted by molar-refractivity contribution is 5.03. The molecular formula is C12H20N2O. The highest BCUT2D eigenvalue weighted by Crippen LogP contribution is 2.16. The van der Waals surface area contributed by atoms with Crippen molar-refractivity contribution in [1.82, 2.24) is 10.2 Å². The number of hydrogen-bond acceptors (Lipinski definition) is 3. The van der Waals surface area contributed by atoms with Crippen LogP contribution in [0.2, 0.25) is 0 Å². The number of furan rings is 1. The molecule has 1 fully saturated rings. The molecule has 84 valence electrons. The zero-order valence-electron chi connectivity index (χ0n) is 9.57. The largest absolute Gasteiger partial charge is 0.468 e. The fourth-order valence-electron chi connectivity index (χ4n) is 2.15. The van der Waals surface area contributed by atoms with Gasteiger partial charge in [0.05, 0.1) is 12.3 Å². The van der Waals surface area contributed by atoms with Crippen molar-refractivity contribution < 1.29 is 4.42 Å². The maximum atomic E-state index is 5.39. The average molecular weight is 208 g/mol. The molecule has 0 bridgehead atoms. The van der Waals surface area contributed by atoms with Gasteiger partial charge < -0.3 is 14.6 Å². The van der Waals surface area contributed by atoms with Crippen molar-refractivity contribution in [2.75, 3.05) is 20.1 Å². The van der Waals surface area contributed by atoms with Gasteiger partial charge in [-0.3, -0.25) is 0 Å². The summed E-state index contributed by atoms with van der Waals surface area (Å²) >= 11 is 0. The fraction of sp³-hybridized carbons (Fsp3) is 0.667. The zero-order chi connectivity index (χ0) is 10.7. The summed E-state index contributed by atoms with van der Waals surface area (Å²) in [5.41, 5.74) is 0. The Morgan fingerprint density at radius 3 is 2.80 bits per heavy atom. The monoisotopic (exact) mass is 208 g/mol. The fourth-order valence-corrected chi connectivity index (χ4v) is 2.15. The van der Waals surface area contributed by atoms with Crippen molar-refractivity contribution in [3.8, 4) is 0 Å². The van der Waals surface area contributed by atoms with Crippen LogP contribution in [0.25, 0.3) is 0 Å². The Balaban J connectivity index is 1.82. The lowest BCUT2D eigenvalue weighted by molar-refractivity contribution is 0.222. The lowest BCUT2D eigenvalue weighted by Gasteiger charge is -2.31. The summed E-state index contributed by atoms with van der Waals surface area (Å²) in [5.74, 6) is 1.04. The maximum Gasteiger partial charge on any atom is 0.120 e. The number of hydrogen-bond donors (Lipinski definition) is 1. The Morgan fingerprint density at radius 2 is 2.20 bits per heavy atom. The molecule has 0 spiro atoms. The summed E-state index contributed by atoms with van der Waals surface area (Å²) in [6, 6.07) is 4.95. The lowest BCUT2D eigenvalue weighted by Crippen LogP contribution is -2.41. The predicted octanol–water partition coefficient (Wildman–Crippen LogP) is 2.02. The van der Waals surface area contributed by atoms with Crippen molar-refractivity contribution in [3.05, 3.63) is 24.2 Å². The SMILES string of the molecule is C[C@H](NC1CCN(C)CC1)c1ccco1. The van der Waals surface area contributed by atoms with Gasteiger partial charge >= 0.3 is 0 Å². The van der Waals surface area contributed by atoms with Gasteiger partial charge in [-0.1, -0.05) is 0 Å². The van der Waals surface area contributed by atoms with Gasteiger partial charge in [-0.15, -0.1) is 0 Å². The van der Waals surface area contributed by atoms with Crippen LogP contribution in [0, 0.1) is 0 Å². The minimum atomic E-state index is 0.327. The molecule has 0 unspecified atom stereocenters. The standard InChI is InChI=1S/C12H20N2O/c1-10(12-4-3-9-15-12)13-11-5-7-14(2)8-6-11/h3-4,9-11,13H,5-8H2,1-2H3/t10-/m0/s1. The topological polar surface area (TPSA) is 28.4 Å². The van der Waals surface area contributed by atoms with Crippen LogP contribution in [0.4, 0.5) is 0 Å². The van der Waals surface area contributed by atoms with Gasteiger partial charge in [-0.05, 0) is 52.0 Å². The molecule has 1 aromatic heterocycles. The van der Waals surface area contributed by atoms with Gasteiger partial charge in [-0.25, -0.2) is 0 Å². The second-order valence-corrected chi connectivity index (χ2v) is 4.48. The van der Waals surface area contributed by atoms with Crippen LogP contribution in [-0.4, -0.2) is 31.1 Å². The first kappa shape index (κ1) is 10.7. The Kier molecular flexibility index (Phi) is 3.44. The van der Waals surface area contributed by atoms with Gasteiger partial charge in [0.1, 0.15) is 5.76 Å². The molecule has 1 aliphatic heterocycles. The van der Waals surface area contributed by atoms with Crippen LogP contribution < -0.4 is 5.32 Å². The molecule has 2 rings (SSSR count). The summed E-state index contributed by atoms with van der Waals surface area (Å²) in [6.07, 6.45) is 4.21. The first-order valence-corrected chi connectivity index (χ1v) is 5.73. The molecular weight excluding hydrogens is 188 g/mol. The van der Waals surface area contributed by atoms with E-state index in [1.165, 1.54) is 25.9 Å². The lowest BCUT2D eigenvalue weighted by atomic mass is 10.0. The van der Waals surface area contributed by atoms with Crippen molar-refractivity contribution in [1.29, 1.82) is 0 Å². The van der Waals surface area contributed by atoms with E-state index in [2.05, 4.69) is 24.2 Å². The summed E-state index contributed by atoms with van der Waals surface area (Å²) in [6.45, 7) is 4.56. The van der Waals surface area contributed by atoms with Gasteiger partial charge in [-0.2, -0.15) is 0 Å². The van der Waals surface area contributed by atoms with Gasteiger partial charge in [0, 0.05) is 6.04 Å². The molecule has 3 heteroatoms. The molecule has 3 nitrogen and oxygen atoms in total. The summed E-state index contributed by atoms with van der Waals surface area (Å²) in [5, 5.41) is 3.62. The summed E-state index contributed by atoms with van der Waals surface area (Å²) in [7, 11) is 2.19. The van der Waals surface area contributed by atoms with Crippen molar-refractivity contribution in [2.45, 2.75) is 31.8 Å². The quantitative estimate of drug-likeness (QED) is 0.824. The Hall–Kier alpha value is -0.800. The van der Waals surface area contributed by atoms with Crippen LogP contribution in [0.1, 0.15) is 31.6 Å². The molecule has 0 aliphatic carbocycles. The average Bonchev–Trinajstić information content (AvgIpc) is 2.74. The Morgan fingerprint density at radius 1 is 1.47 bits per heavy atom. The van der Waals surface area contributed by atoms with E-state index in [0.717, 1.165) is 5.76 Å². The van der Waals surface area contributed by atoms with Gasteiger partial charge in [0.15, 0.2) is 0 Å². The smallest absolute Gasteiger partial charge is 0.120 e. The van der Waals surface area contributed by atoms with E-state index in [9.17, 15) is 0 Å². The normalized spacial score (nSPS) is 21.7. The third kappa shape index (κ3) is 2.83.